The average Bonchev–Trinajstić information content (AvgIpc) is 2.86. The number of alkyl halides is 2. The van der Waals surface area contributed by atoms with Crippen LogP contribution in [-0.4, -0.2) is 46.7 Å². The quantitative estimate of drug-likeness (QED) is 0.389. The SMILES string of the molecule is CC(O)(CF)CF.Cc1cc2ccccc2c(-c2ccc3c4c(ccnc24)CCO3)c1CC(=O)O. The number of carboxylic acids is 1. The van der Waals surface area contributed by atoms with Gasteiger partial charge in [-0.2, -0.15) is 0 Å². The number of aliphatic carboxylic acids is 1. The Kier molecular flexibility index (Phi) is 6.98. The van der Waals surface area contributed by atoms with Crippen LogP contribution in [0.4, 0.5) is 8.78 Å². The molecular weight excluding hydrogens is 452 g/mol. The molecule has 1 aromatic heterocycles. The summed E-state index contributed by atoms with van der Waals surface area (Å²) in [5, 5.41) is 21.1. The first-order valence-electron chi connectivity index (χ1n) is 11.4. The predicted octanol–water partition coefficient (Wildman–Crippen LogP) is 5.60. The van der Waals surface area contributed by atoms with Gasteiger partial charge in [0.2, 0.25) is 0 Å². The second-order valence-electron chi connectivity index (χ2n) is 9.01. The number of nitrogens with zero attached hydrogens (tertiary/aromatic N) is 1. The second kappa shape index (κ2) is 9.96. The lowest BCUT2D eigenvalue weighted by molar-refractivity contribution is -0.136. The molecule has 0 bridgehead atoms. The van der Waals surface area contributed by atoms with E-state index in [-0.39, 0.29) is 6.42 Å². The average molecular weight is 480 g/mol. The highest BCUT2D eigenvalue weighted by molar-refractivity contribution is 6.08. The van der Waals surface area contributed by atoms with Crippen molar-refractivity contribution in [2.24, 2.45) is 0 Å². The van der Waals surface area contributed by atoms with E-state index >= 15 is 0 Å². The molecule has 7 heteroatoms. The molecule has 1 aliphatic rings. The Morgan fingerprint density at radius 3 is 2.57 bits per heavy atom. The molecule has 0 saturated carbocycles. The molecule has 0 atom stereocenters. The molecule has 1 aliphatic heterocycles. The Bertz CT molecular complexity index is 1380. The monoisotopic (exact) mass is 479 g/mol. The van der Waals surface area contributed by atoms with Crippen molar-refractivity contribution < 1.29 is 28.5 Å². The number of aliphatic hydroxyl groups is 1. The van der Waals surface area contributed by atoms with Gasteiger partial charge in [-0.3, -0.25) is 9.78 Å². The molecule has 3 aromatic carbocycles. The minimum atomic E-state index is -1.75. The van der Waals surface area contributed by atoms with Crippen molar-refractivity contribution in [2.75, 3.05) is 20.0 Å². The highest BCUT2D eigenvalue weighted by Gasteiger charge is 2.22. The van der Waals surface area contributed by atoms with Crippen molar-refractivity contribution in [3.05, 3.63) is 71.4 Å². The summed E-state index contributed by atoms with van der Waals surface area (Å²) in [6.07, 6.45) is 2.67. The first-order chi connectivity index (χ1) is 16.8. The van der Waals surface area contributed by atoms with Gasteiger partial charge in [-0.15, -0.1) is 0 Å². The van der Waals surface area contributed by atoms with Crippen LogP contribution >= 0.6 is 0 Å². The van der Waals surface area contributed by atoms with E-state index in [1.807, 2.05) is 43.5 Å². The van der Waals surface area contributed by atoms with Crippen molar-refractivity contribution in [2.45, 2.75) is 32.3 Å². The van der Waals surface area contributed by atoms with Crippen LogP contribution in [0.15, 0.2) is 54.7 Å². The number of aryl methyl sites for hydroxylation is 1. The van der Waals surface area contributed by atoms with Crippen molar-refractivity contribution in [1.82, 2.24) is 4.98 Å². The van der Waals surface area contributed by atoms with Crippen LogP contribution in [0, 0.1) is 6.92 Å². The molecule has 2 N–H and O–H groups in total. The Labute approximate surface area is 202 Å². The van der Waals surface area contributed by atoms with Gasteiger partial charge < -0.3 is 14.9 Å². The third kappa shape index (κ3) is 4.95. The molecule has 0 fully saturated rings. The molecule has 0 spiro atoms. The number of benzene rings is 3. The lowest BCUT2D eigenvalue weighted by atomic mass is 9.87. The van der Waals surface area contributed by atoms with Crippen LogP contribution in [-0.2, 0) is 17.6 Å². The molecule has 0 unspecified atom stereocenters. The Morgan fingerprint density at radius 1 is 1.14 bits per heavy atom. The van der Waals surface area contributed by atoms with Crippen molar-refractivity contribution >= 4 is 27.6 Å². The lowest BCUT2D eigenvalue weighted by Crippen LogP contribution is -2.28. The number of fused-ring (bicyclic) bond motifs is 1. The van der Waals surface area contributed by atoms with Gasteiger partial charge in [0, 0.05) is 23.6 Å². The van der Waals surface area contributed by atoms with Gasteiger partial charge in [0.05, 0.1) is 18.5 Å². The second-order valence-corrected chi connectivity index (χ2v) is 9.01. The van der Waals surface area contributed by atoms with Crippen molar-refractivity contribution in [1.29, 1.82) is 0 Å². The van der Waals surface area contributed by atoms with Crippen LogP contribution in [0.25, 0.3) is 32.8 Å². The molecule has 2 heterocycles. The summed E-state index contributed by atoms with van der Waals surface area (Å²) in [5.41, 5.74) is 4.09. The maximum atomic E-state index is 11.6. The first-order valence-corrected chi connectivity index (χ1v) is 11.4. The molecule has 35 heavy (non-hydrogen) atoms. The lowest BCUT2D eigenvalue weighted by Gasteiger charge is -2.21. The summed E-state index contributed by atoms with van der Waals surface area (Å²) in [7, 11) is 0. The van der Waals surface area contributed by atoms with E-state index in [0.29, 0.717) is 6.61 Å². The summed E-state index contributed by atoms with van der Waals surface area (Å²) in [6.45, 7) is 1.71. The van der Waals surface area contributed by atoms with Gasteiger partial charge in [-0.1, -0.05) is 30.3 Å². The zero-order chi connectivity index (χ0) is 25.2. The minimum Gasteiger partial charge on any atom is -0.493 e. The maximum absolute atomic E-state index is 11.6. The van der Waals surface area contributed by atoms with E-state index in [1.165, 1.54) is 5.56 Å². The fourth-order valence-corrected chi connectivity index (χ4v) is 4.36. The van der Waals surface area contributed by atoms with E-state index in [0.717, 1.165) is 63.0 Å². The first kappa shape index (κ1) is 24.5. The van der Waals surface area contributed by atoms with Gasteiger partial charge in [0.1, 0.15) is 24.7 Å². The number of ether oxygens (including phenoxy) is 1. The molecule has 0 saturated heterocycles. The summed E-state index contributed by atoms with van der Waals surface area (Å²) in [6, 6.07) is 16.2. The molecule has 5 rings (SSSR count). The number of rotatable bonds is 5. The van der Waals surface area contributed by atoms with Gasteiger partial charge >= 0.3 is 5.97 Å². The highest BCUT2D eigenvalue weighted by atomic mass is 19.1. The molecule has 5 nitrogen and oxygen atoms in total. The molecule has 0 amide bonds. The predicted molar refractivity (Wildman–Crippen MR) is 133 cm³/mol. The minimum absolute atomic E-state index is 0.0224. The van der Waals surface area contributed by atoms with Gasteiger partial charge in [-0.25, -0.2) is 8.78 Å². The number of carbonyl (C=O) groups is 1. The topological polar surface area (TPSA) is 79.7 Å². The standard InChI is InChI=1S/C24H19NO3.C4H8F2O/c1-14-12-16-4-2-3-5-17(16)23(19(14)13-21(26)27)18-6-7-20-22-15(9-11-28-20)8-10-25-24(18)22;1-4(7,2-5)3-6/h2-8,10,12H,9,11,13H2,1H3,(H,26,27);7H,2-3H2,1H3. The number of aromatic nitrogens is 1. The third-order valence-corrected chi connectivity index (χ3v) is 6.12. The largest absolute Gasteiger partial charge is 0.493 e. The fourth-order valence-electron chi connectivity index (χ4n) is 4.36. The highest BCUT2D eigenvalue weighted by Crippen LogP contribution is 2.42. The Morgan fingerprint density at radius 2 is 1.89 bits per heavy atom. The Hall–Kier alpha value is -3.58. The maximum Gasteiger partial charge on any atom is 0.307 e. The van der Waals surface area contributed by atoms with Crippen LogP contribution in [0.3, 0.4) is 0 Å². The summed E-state index contributed by atoms with van der Waals surface area (Å²) in [5.74, 6) is 0.0171. The van der Waals surface area contributed by atoms with Crippen LogP contribution in [0.1, 0.15) is 23.6 Å². The number of carboxylic acid groups (broad SMARTS) is 1. The van der Waals surface area contributed by atoms with Crippen LogP contribution in [0.2, 0.25) is 0 Å². The van der Waals surface area contributed by atoms with Crippen LogP contribution in [0.5, 0.6) is 5.75 Å². The Balaban J connectivity index is 0.000000364. The van der Waals surface area contributed by atoms with Crippen LogP contribution < -0.4 is 4.74 Å². The molecule has 0 aliphatic carbocycles. The van der Waals surface area contributed by atoms with E-state index in [2.05, 4.69) is 18.2 Å². The van der Waals surface area contributed by atoms with Crippen molar-refractivity contribution in [3.63, 3.8) is 0 Å². The summed E-state index contributed by atoms with van der Waals surface area (Å²) >= 11 is 0. The van der Waals surface area contributed by atoms with E-state index in [4.69, 9.17) is 14.8 Å². The zero-order valence-corrected chi connectivity index (χ0v) is 19.6. The van der Waals surface area contributed by atoms with E-state index < -0.39 is 24.9 Å². The van der Waals surface area contributed by atoms with E-state index in [1.54, 1.807) is 0 Å². The number of hydrogen-bond acceptors (Lipinski definition) is 4. The van der Waals surface area contributed by atoms with E-state index in [9.17, 15) is 18.7 Å². The molecule has 0 radical (unpaired) electrons. The van der Waals surface area contributed by atoms with Gasteiger partial charge in [-0.05, 0) is 65.1 Å². The number of pyridine rings is 1. The normalized spacial score (nSPS) is 12.7. The molecule has 182 valence electrons. The smallest absolute Gasteiger partial charge is 0.307 e. The number of hydrogen-bond donors (Lipinski definition) is 2. The third-order valence-electron chi connectivity index (χ3n) is 6.12. The fraction of sp³-hybridized carbons (Fsp3) is 0.286. The molecular formula is C28H27F2NO4. The summed E-state index contributed by atoms with van der Waals surface area (Å²) < 4.78 is 28.4. The number of halogens is 2. The summed E-state index contributed by atoms with van der Waals surface area (Å²) in [4.78, 5) is 16.3. The van der Waals surface area contributed by atoms with Gasteiger partial charge in [0.15, 0.2) is 0 Å². The van der Waals surface area contributed by atoms with Gasteiger partial charge in [0.25, 0.3) is 0 Å². The molecule has 4 aromatic rings. The zero-order valence-electron chi connectivity index (χ0n) is 19.6. The van der Waals surface area contributed by atoms with Crippen molar-refractivity contribution in [3.8, 4) is 16.9 Å².